The lowest BCUT2D eigenvalue weighted by Gasteiger charge is -2.33. The molecule has 2 aliphatic heterocycles. The summed E-state index contributed by atoms with van der Waals surface area (Å²) in [4.78, 5) is 18.9. The van der Waals surface area contributed by atoms with Crippen LogP contribution >= 0.6 is 0 Å². The number of likely N-dealkylation sites (tertiary alicyclic amines) is 1. The number of hydrogen-bond acceptors (Lipinski definition) is 4. The molecule has 31 heavy (non-hydrogen) atoms. The van der Waals surface area contributed by atoms with Crippen LogP contribution in [0.4, 0.5) is 25.8 Å². The quantitative estimate of drug-likeness (QED) is 0.480. The van der Waals surface area contributed by atoms with Crippen molar-refractivity contribution in [1.29, 1.82) is 0 Å². The van der Waals surface area contributed by atoms with Gasteiger partial charge in [0.25, 0.3) is 0 Å². The highest BCUT2D eigenvalue weighted by atomic mass is 19.1. The number of carbonyl (C=O) groups is 1. The highest BCUT2D eigenvalue weighted by Crippen LogP contribution is 2.34. The molecular formula is C24H28F2N4O. The summed E-state index contributed by atoms with van der Waals surface area (Å²) in [6.45, 7) is 5.13. The predicted molar refractivity (Wildman–Crippen MR) is 120 cm³/mol. The first-order chi connectivity index (χ1) is 15.0. The molecule has 2 aliphatic rings. The summed E-state index contributed by atoms with van der Waals surface area (Å²) in [5.74, 6) is -2.03. The van der Waals surface area contributed by atoms with Crippen molar-refractivity contribution in [1.82, 2.24) is 4.90 Å². The van der Waals surface area contributed by atoms with E-state index in [1.807, 2.05) is 0 Å². The van der Waals surface area contributed by atoms with Gasteiger partial charge in [-0.1, -0.05) is 12.5 Å². The lowest BCUT2D eigenvalue weighted by atomic mass is 10.0. The molecule has 0 saturated carbocycles. The second kappa shape index (κ2) is 9.56. The summed E-state index contributed by atoms with van der Waals surface area (Å²) in [6.07, 6.45) is 6.14. The number of benzene rings is 2. The molecule has 0 aromatic heterocycles. The maximum atomic E-state index is 14.5. The topological polar surface area (TPSA) is 56.7 Å². The average Bonchev–Trinajstić information content (AvgIpc) is 3.08. The Labute approximate surface area is 181 Å². The molecule has 1 fully saturated rings. The van der Waals surface area contributed by atoms with Gasteiger partial charge in [0.1, 0.15) is 17.6 Å². The number of halogens is 2. The van der Waals surface area contributed by atoms with Crippen molar-refractivity contribution in [3.05, 3.63) is 53.6 Å². The minimum Gasteiger partial charge on any atom is -0.383 e. The number of aliphatic imine (C=N–C) groups is 1. The maximum absolute atomic E-state index is 14.5. The Balaban J connectivity index is 1.33. The second-order valence-corrected chi connectivity index (χ2v) is 8.27. The number of rotatable bonds is 7. The Morgan fingerprint density at radius 1 is 1.23 bits per heavy atom. The number of amides is 1. The molecule has 0 bridgehead atoms. The summed E-state index contributed by atoms with van der Waals surface area (Å²) in [5.41, 5.74) is 1.53. The van der Waals surface area contributed by atoms with Crippen molar-refractivity contribution in [2.75, 3.05) is 30.3 Å². The van der Waals surface area contributed by atoms with Crippen LogP contribution in [-0.4, -0.2) is 42.7 Å². The third-order valence-corrected chi connectivity index (χ3v) is 6.11. The standard InChI is InChI=1S/C24H28F2N4O/c1-16-6-2-3-12-30(16)13-5-11-27-21-10-9-17(14-20(21)26)28-15-18-23-19(25)7-4-8-22(23)29-24(18)31/h4,7-10,14-16,18,27H,2-3,5-6,11-13H2,1H3,(H,29,31). The van der Waals surface area contributed by atoms with Crippen molar-refractivity contribution in [3.63, 3.8) is 0 Å². The number of anilines is 2. The van der Waals surface area contributed by atoms with E-state index in [2.05, 4.69) is 27.4 Å². The molecule has 7 heteroatoms. The van der Waals surface area contributed by atoms with E-state index in [-0.39, 0.29) is 11.5 Å². The lowest BCUT2D eigenvalue weighted by Crippen LogP contribution is -2.38. The first-order valence-electron chi connectivity index (χ1n) is 10.9. The first-order valence-corrected chi connectivity index (χ1v) is 10.9. The molecule has 4 rings (SSSR count). The Kier molecular flexibility index (Phi) is 6.61. The highest BCUT2D eigenvalue weighted by Gasteiger charge is 2.31. The molecule has 1 amide bonds. The van der Waals surface area contributed by atoms with Crippen LogP contribution in [-0.2, 0) is 4.79 Å². The Bertz CT molecular complexity index is 978. The van der Waals surface area contributed by atoms with E-state index in [0.29, 0.717) is 29.6 Å². The van der Waals surface area contributed by atoms with Crippen LogP contribution in [0.15, 0.2) is 41.4 Å². The van der Waals surface area contributed by atoms with Gasteiger partial charge in [0.15, 0.2) is 0 Å². The number of nitrogens with one attached hydrogen (secondary N) is 2. The van der Waals surface area contributed by atoms with Gasteiger partial charge in [-0.2, -0.15) is 0 Å². The zero-order valence-corrected chi connectivity index (χ0v) is 17.7. The van der Waals surface area contributed by atoms with Crippen LogP contribution in [0.25, 0.3) is 0 Å². The van der Waals surface area contributed by atoms with E-state index in [1.165, 1.54) is 37.6 Å². The Hall–Kier alpha value is -2.80. The number of carbonyl (C=O) groups excluding carboxylic acids is 1. The maximum Gasteiger partial charge on any atom is 0.237 e. The van der Waals surface area contributed by atoms with E-state index in [9.17, 15) is 13.6 Å². The zero-order chi connectivity index (χ0) is 21.8. The highest BCUT2D eigenvalue weighted by molar-refractivity contribution is 6.12. The van der Waals surface area contributed by atoms with Crippen LogP contribution in [0.2, 0.25) is 0 Å². The van der Waals surface area contributed by atoms with Crippen LogP contribution in [0.1, 0.15) is 44.1 Å². The Morgan fingerprint density at radius 2 is 2.10 bits per heavy atom. The normalized spacial score (nSPS) is 21.3. The molecule has 2 atom stereocenters. The molecule has 2 aromatic carbocycles. The van der Waals surface area contributed by atoms with Crippen LogP contribution in [0, 0.1) is 11.6 Å². The molecule has 0 spiro atoms. The van der Waals surface area contributed by atoms with E-state index in [4.69, 9.17) is 0 Å². The third-order valence-electron chi connectivity index (χ3n) is 6.11. The predicted octanol–water partition coefficient (Wildman–Crippen LogP) is 5.08. The molecule has 2 unspecified atom stereocenters. The average molecular weight is 427 g/mol. The van der Waals surface area contributed by atoms with E-state index < -0.39 is 17.6 Å². The summed E-state index contributed by atoms with van der Waals surface area (Å²) in [6, 6.07) is 9.79. The Morgan fingerprint density at radius 3 is 2.90 bits per heavy atom. The smallest absolute Gasteiger partial charge is 0.237 e. The van der Waals surface area contributed by atoms with Gasteiger partial charge in [0.05, 0.1) is 11.4 Å². The number of piperidine rings is 1. The fraction of sp³-hybridized carbons (Fsp3) is 0.417. The largest absolute Gasteiger partial charge is 0.383 e. The van der Waals surface area contributed by atoms with Crippen LogP contribution in [0.5, 0.6) is 0 Å². The summed E-state index contributed by atoms with van der Waals surface area (Å²) < 4.78 is 28.6. The summed E-state index contributed by atoms with van der Waals surface area (Å²) >= 11 is 0. The molecule has 164 valence electrons. The van der Waals surface area contributed by atoms with Crippen molar-refractivity contribution in [2.24, 2.45) is 4.99 Å². The van der Waals surface area contributed by atoms with Gasteiger partial charge < -0.3 is 15.5 Å². The van der Waals surface area contributed by atoms with Gasteiger partial charge >= 0.3 is 0 Å². The van der Waals surface area contributed by atoms with Crippen molar-refractivity contribution in [2.45, 2.75) is 44.6 Å². The van der Waals surface area contributed by atoms with E-state index in [0.717, 1.165) is 19.5 Å². The van der Waals surface area contributed by atoms with Crippen LogP contribution in [0.3, 0.4) is 0 Å². The minimum absolute atomic E-state index is 0.276. The molecule has 1 saturated heterocycles. The van der Waals surface area contributed by atoms with E-state index in [1.54, 1.807) is 24.3 Å². The first kappa shape index (κ1) is 21.4. The molecule has 0 aliphatic carbocycles. The van der Waals surface area contributed by atoms with Gasteiger partial charge in [0, 0.05) is 42.7 Å². The molecular weight excluding hydrogens is 398 g/mol. The van der Waals surface area contributed by atoms with Crippen LogP contribution < -0.4 is 10.6 Å². The summed E-state index contributed by atoms with van der Waals surface area (Å²) in [5, 5.41) is 5.79. The monoisotopic (exact) mass is 426 g/mol. The van der Waals surface area contributed by atoms with Crippen molar-refractivity contribution < 1.29 is 13.6 Å². The molecule has 2 N–H and O–H groups in total. The van der Waals surface area contributed by atoms with Gasteiger partial charge in [-0.3, -0.25) is 9.79 Å². The number of fused-ring (bicyclic) bond motifs is 1. The number of hydrogen-bond donors (Lipinski definition) is 2. The molecule has 2 heterocycles. The molecule has 2 aromatic rings. The fourth-order valence-corrected chi connectivity index (χ4v) is 4.33. The lowest BCUT2D eigenvalue weighted by molar-refractivity contribution is -0.115. The fourth-order valence-electron chi connectivity index (χ4n) is 4.33. The molecule has 5 nitrogen and oxygen atoms in total. The van der Waals surface area contributed by atoms with Gasteiger partial charge in [-0.05, 0) is 57.0 Å². The second-order valence-electron chi connectivity index (χ2n) is 8.27. The number of nitrogens with zero attached hydrogens (tertiary/aromatic N) is 2. The van der Waals surface area contributed by atoms with Gasteiger partial charge in [0.2, 0.25) is 5.91 Å². The zero-order valence-electron chi connectivity index (χ0n) is 17.7. The molecule has 0 radical (unpaired) electrons. The van der Waals surface area contributed by atoms with Gasteiger partial charge in [-0.25, -0.2) is 8.78 Å². The third kappa shape index (κ3) is 4.93. The minimum atomic E-state index is -0.825. The van der Waals surface area contributed by atoms with Gasteiger partial charge in [-0.15, -0.1) is 0 Å². The van der Waals surface area contributed by atoms with Crippen molar-refractivity contribution in [3.8, 4) is 0 Å². The van der Waals surface area contributed by atoms with E-state index >= 15 is 0 Å². The SMILES string of the molecule is CC1CCCCN1CCCNc1ccc(N=CC2C(=O)Nc3cccc(F)c32)cc1F. The van der Waals surface area contributed by atoms with Crippen molar-refractivity contribution >= 4 is 29.2 Å². The summed E-state index contributed by atoms with van der Waals surface area (Å²) in [7, 11) is 0.